The number of hydrogen-bond donors (Lipinski definition) is 2. The maximum absolute atomic E-state index is 12.2. The van der Waals surface area contributed by atoms with E-state index in [2.05, 4.69) is 17.6 Å². The molecule has 3 atom stereocenters. The Morgan fingerprint density at radius 3 is 3.05 bits per heavy atom. The maximum Gasteiger partial charge on any atom is 0.262 e. The van der Waals surface area contributed by atoms with E-state index >= 15 is 0 Å². The van der Waals surface area contributed by atoms with Gasteiger partial charge in [-0.2, -0.15) is 0 Å². The van der Waals surface area contributed by atoms with Gasteiger partial charge in [0.1, 0.15) is 5.75 Å². The quantitative estimate of drug-likeness (QED) is 0.890. The molecule has 1 aromatic rings. The van der Waals surface area contributed by atoms with Crippen LogP contribution >= 0.6 is 0 Å². The van der Waals surface area contributed by atoms with E-state index in [1.807, 2.05) is 24.3 Å². The molecule has 4 nitrogen and oxygen atoms in total. The van der Waals surface area contributed by atoms with Crippen LogP contribution in [0.2, 0.25) is 0 Å². The van der Waals surface area contributed by atoms with Gasteiger partial charge in [0.05, 0.1) is 12.2 Å². The van der Waals surface area contributed by atoms with E-state index in [0.717, 1.165) is 23.9 Å². The molecule has 3 unspecified atom stereocenters. The number of amides is 1. The lowest BCUT2D eigenvalue weighted by Gasteiger charge is -2.26. The minimum atomic E-state index is -0.427. The van der Waals surface area contributed by atoms with Crippen LogP contribution in [-0.2, 0) is 4.79 Å². The van der Waals surface area contributed by atoms with Crippen LogP contribution in [0.1, 0.15) is 26.2 Å². The molecule has 1 fully saturated rings. The molecule has 1 saturated carbocycles. The lowest BCUT2D eigenvalue weighted by Crippen LogP contribution is -2.45. The minimum absolute atomic E-state index is 0.00782. The van der Waals surface area contributed by atoms with Gasteiger partial charge in [0.15, 0.2) is 6.10 Å². The van der Waals surface area contributed by atoms with Gasteiger partial charge in [0.25, 0.3) is 5.91 Å². The van der Waals surface area contributed by atoms with Gasteiger partial charge in [-0.3, -0.25) is 4.79 Å². The third kappa shape index (κ3) is 2.89. The number of carbonyl (C=O) groups is 1. The van der Waals surface area contributed by atoms with Crippen molar-refractivity contribution in [2.75, 3.05) is 18.4 Å². The van der Waals surface area contributed by atoms with Crippen LogP contribution in [0.15, 0.2) is 24.3 Å². The fourth-order valence-electron chi connectivity index (χ4n) is 3.13. The number of hydrogen-bond acceptors (Lipinski definition) is 3. The van der Waals surface area contributed by atoms with Crippen LogP contribution in [0.4, 0.5) is 5.69 Å². The fourth-order valence-corrected chi connectivity index (χ4v) is 3.13. The highest BCUT2D eigenvalue weighted by molar-refractivity contribution is 5.83. The fraction of sp³-hybridized carbons (Fsp3) is 0.562. The molecule has 1 aromatic carbocycles. The summed E-state index contributed by atoms with van der Waals surface area (Å²) in [5.41, 5.74) is 0.959. The molecular weight excluding hydrogens is 252 g/mol. The molecule has 0 aromatic heterocycles. The molecule has 1 aliphatic heterocycles. The van der Waals surface area contributed by atoms with Crippen LogP contribution < -0.4 is 15.4 Å². The summed E-state index contributed by atoms with van der Waals surface area (Å²) in [6.07, 6.45) is 3.32. The zero-order valence-electron chi connectivity index (χ0n) is 11.9. The first-order valence-corrected chi connectivity index (χ1v) is 7.49. The summed E-state index contributed by atoms with van der Waals surface area (Å²) in [7, 11) is 0. The molecule has 2 N–H and O–H groups in total. The molecule has 0 saturated heterocycles. The molecule has 0 radical (unpaired) electrons. The second kappa shape index (κ2) is 5.73. The van der Waals surface area contributed by atoms with Gasteiger partial charge < -0.3 is 15.4 Å². The van der Waals surface area contributed by atoms with Crippen LogP contribution in [0, 0.1) is 11.8 Å². The predicted octanol–water partition coefficient (Wildman–Crippen LogP) is 2.41. The Balaban J connectivity index is 1.51. The van der Waals surface area contributed by atoms with E-state index in [0.29, 0.717) is 12.5 Å². The first-order valence-electron chi connectivity index (χ1n) is 7.49. The lowest BCUT2D eigenvalue weighted by molar-refractivity contribution is -0.127. The Bertz CT molecular complexity index is 489. The molecule has 0 bridgehead atoms. The Morgan fingerprint density at radius 1 is 1.40 bits per heavy atom. The summed E-state index contributed by atoms with van der Waals surface area (Å²) >= 11 is 0. The van der Waals surface area contributed by atoms with Crippen molar-refractivity contribution >= 4 is 11.6 Å². The third-order valence-electron chi connectivity index (χ3n) is 4.30. The van der Waals surface area contributed by atoms with Gasteiger partial charge in [0, 0.05) is 6.54 Å². The smallest absolute Gasteiger partial charge is 0.262 e. The standard InChI is InChI=1S/C16H22N2O2/c1-11-6-7-12(8-11)9-18-16(19)15-10-17-13-4-2-3-5-14(13)20-15/h2-5,11-12,15,17H,6-10H2,1H3,(H,18,19). The second-order valence-corrected chi connectivity index (χ2v) is 6.01. The monoisotopic (exact) mass is 274 g/mol. The van der Waals surface area contributed by atoms with E-state index < -0.39 is 6.10 Å². The number of benzene rings is 1. The molecule has 3 rings (SSSR count). The van der Waals surface area contributed by atoms with Crippen molar-refractivity contribution in [1.29, 1.82) is 0 Å². The summed E-state index contributed by atoms with van der Waals surface area (Å²) in [6, 6.07) is 7.72. The van der Waals surface area contributed by atoms with Crippen LogP contribution in [0.3, 0.4) is 0 Å². The van der Waals surface area contributed by atoms with Crippen LogP contribution in [0.5, 0.6) is 5.75 Å². The van der Waals surface area contributed by atoms with E-state index in [4.69, 9.17) is 4.74 Å². The van der Waals surface area contributed by atoms with Gasteiger partial charge in [-0.25, -0.2) is 0 Å². The Kier molecular flexibility index (Phi) is 3.81. The molecule has 1 amide bonds. The Hall–Kier alpha value is -1.71. The topological polar surface area (TPSA) is 50.4 Å². The van der Waals surface area contributed by atoms with Crippen molar-refractivity contribution < 1.29 is 9.53 Å². The number of fused-ring (bicyclic) bond motifs is 1. The number of rotatable bonds is 3. The van der Waals surface area contributed by atoms with Gasteiger partial charge in [-0.05, 0) is 36.8 Å². The molecule has 1 aliphatic carbocycles. The Labute approximate surface area is 119 Å². The molecule has 1 heterocycles. The zero-order valence-corrected chi connectivity index (χ0v) is 11.9. The van der Waals surface area contributed by atoms with E-state index in [1.165, 1.54) is 19.3 Å². The number of ether oxygens (including phenoxy) is 1. The highest BCUT2D eigenvalue weighted by atomic mass is 16.5. The van der Waals surface area contributed by atoms with Gasteiger partial charge >= 0.3 is 0 Å². The summed E-state index contributed by atoms with van der Waals surface area (Å²) in [5, 5.41) is 6.28. The average molecular weight is 274 g/mol. The van der Waals surface area contributed by atoms with Gasteiger partial charge in [-0.1, -0.05) is 25.5 Å². The molecular formula is C16H22N2O2. The predicted molar refractivity (Wildman–Crippen MR) is 78.9 cm³/mol. The Morgan fingerprint density at radius 2 is 2.25 bits per heavy atom. The number of para-hydroxylation sites is 2. The second-order valence-electron chi connectivity index (χ2n) is 6.01. The first kappa shape index (κ1) is 13.3. The largest absolute Gasteiger partial charge is 0.477 e. The van der Waals surface area contributed by atoms with Crippen molar-refractivity contribution in [3.05, 3.63) is 24.3 Å². The molecule has 20 heavy (non-hydrogen) atoms. The summed E-state index contributed by atoms with van der Waals surface area (Å²) in [5.74, 6) is 2.19. The maximum atomic E-state index is 12.2. The van der Waals surface area contributed by atoms with Crippen molar-refractivity contribution in [3.63, 3.8) is 0 Å². The van der Waals surface area contributed by atoms with Crippen LogP contribution in [0.25, 0.3) is 0 Å². The molecule has 108 valence electrons. The van der Waals surface area contributed by atoms with E-state index in [1.54, 1.807) is 0 Å². The highest BCUT2D eigenvalue weighted by Crippen LogP contribution is 2.30. The van der Waals surface area contributed by atoms with Gasteiger partial charge in [0.2, 0.25) is 0 Å². The summed E-state index contributed by atoms with van der Waals surface area (Å²) in [6.45, 7) is 3.60. The third-order valence-corrected chi connectivity index (χ3v) is 4.30. The first-order chi connectivity index (χ1) is 9.72. The number of carbonyl (C=O) groups excluding carboxylic acids is 1. The SMILES string of the molecule is CC1CCC(CNC(=O)C2CNc3ccccc3O2)C1. The molecule has 2 aliphatic rings. The average Bonchev–Trinajstić information content (AvgIpc) is 2.90. The zero-order chi connectivity index (χ0) is 13.9. The summed E-state index contributed by atoms with van der Waals surface area (Å²) < 4.78 is 5.76. The summed E-state index contributed by atoms with van der Waals surface area (Å²) in [4.78, 5) is 12.2. The normalized spacial score (nSPS) is 28.1. The van der Waals surface area contributed by atoms with Crippen molar-refractivity contribution in [2.24, 2.45) is 11.8 Å². The molecule has 4 heteroatoms. The van der Waals surface area contributed by atoms with Gasteiger partial charge in [-0.15, -0.1) is 0 Å². The highest BCUT2D eigenvalue weighted by Gasteiger charge is 2.27. The van der Waals surface area contributed by atoms with Crippen molar-refractivity contribution in [3.8, 4) is 5.75 Å². The molecule has 0 spiro atoms. The van der Waals surface area contributed by atoms with Crippen LogP contribution in [-0.4, -0.2) is 25.1 Å². The minimum Gasteiger partial charge on any atom is -0.477 e. The lowest BCUT2D eigenvalue weighted by atomic mass is 10.1. The van der Waals surface area contributed by atoms with E-state index in [-0.39, 0.29) is 5.91 Å². The van der Waals surface area contributed by atoms with Crippen molar-refractivity contribution in [2.45, 2.75) is 32.3 Å². The van der Waals surface area contributed by atoms with Crippen molar-refractivity contribution in [1.82, 2.24) is 5.32 Å². The number of anilines is 1. The number of nitrogens with one attached hydrogen (secondary N) is 2. The van der Waals surface area contributed by atoms with E-state index in [9.17, 15) is 4.79 Å².